The molecule has 5 heteroatoms. The monoisotopic (exact) mass is 290 g/mol. The van der Waals surface area contributed by atoms with Gasteiger partial charge in [-0.25, -0.2) is 0 Å². The minimum atomic E-state index is -1.02. The minimum Gasteiger partial charge on any atom is -0.544 e. The molecule has 0 spiro atoms. The number of halogens is 1. The number of quaternary nitrogens is 1. The number of rotatable bonds is 3. The van der Waals surface area contributed by atoms with E-state index in [1.54, 1.807) is 0 Å². The molecule has 2 atom stereocenters. The summed E-state index contributed by atoms with van der Waals surface area (Å²) in [4.78, 5) is 12.0. The Morgan fingerprint density at radius 3 is 3.00 bits per heavy atom. The zero-order chi connectivity index (χ0) is 14.1. The van der Waals surface area contributed by atoms with Gasteiger partial charge in [-0.1, -0.05) is 23.7 Å². The molecule has 0 saturated carbocycles. The molecule has 0 fully saturated rings. The topological polar surface area (TPSA) is 49.5 Å². The predicted octanol–water partition coefficient (Wildman–Crippen LogP) is -0.121. The molecule has 0 aliphatic carbocycles. The molecule has 1 aromatic heterocycles. The first-order valence-corrected chi connectivity index (χ1v) is 6.98. The molecule has 1 N–H and O–H groups in total. The number of nitrogens with zero attached hydrogens (tertiary/aromatic N) is 1. The van der Waals surface area contributed by atoms with Gasteiger partial charge in [0, 0.05) is 16.8 Å². The van der Waals surface area contributed by atoms with E-state index in [1.807, 2.05) is 42.6 Å². The van der Waals surface area contributed by atoms with Crippen LogP contribution in [0.4, 0.5) is 0 Å². The fourth-order valence-corrected chi connectivity index (χ4v) is 3.18. The van der Waals surface area contributed by atoms with Crippen molar-refractivity contribution in [2.75, 3.05) is 13.1 Å². The number of nitrogens with one attached hydrogen (secondary N) is 1. The first-order valence-electron chi connectivity index (χ1n) is 6.60. The molecule has 3 rings (SSSR count). The molecule has 2 heterocycles. The number of hydrogen-bond acceptors (Lipinski definition) is 2. The molecule has 104 valence electrons. The second-order valence-electron chi connectivity index (χ2n) is 5.07. The summed E-state index contributed by atoms with van der Waals surface area (Å²) in [5.41, 5.74) is 2.16. The summed E-state index contributed by atoms with van der Waals surface area (Å²) in [7, 11) is 0. The third-order valence-electron chi connectivity index (χ3n) is 3.80. The molecule has 4 nitrogen and oxygen atoms in total. The molecule has 0 amide bonds. The second-order valence-corrected chi connectivity index (χ2v) is 5.51. The SMILES string of the molecule is O=C([O-])C[NH+]1CCn2cccc2[C@H]1c1cccc(Cl)c1. The van der Waals surface area contributed by atoms with Crippen molar-refractivity contribution in [1.29, 1.82) is 0 Å². The Morgan fingerprint density at radius 1 is 1.40 bits per heavy atom. The van der Waals surface area contributed by atoms with Crippen LogP contribution in [-0.4, -0.2) is 23.6 Å². The maximum atomic E-state index is 11.0. The van der Waals surface area contributed by atoms with Crippen LogP contribution in [0.15, 0.2) is 42.6 Å². The largest absolute Gasteiger partial charge is 0.544 e. The lowest BCUT2D eigenvalue weighted by Gasteiger charge is -2.34. The Balaban J connectivity index is 2.04. The fraction of sp³-hybridized carbons (Fsp3) is 0.267. The van der Waals surface area contributed by atoms with E-state index < -0.39 is 5.97 Å². The standard InChI is InChI=1S/C15H15ClN2O2/c16-12-4-1-3-11(9-12)15-13-5-2-6-17(13)7-8-18(15)10-14(19)20/h1-6,9,15H,7-8,10H2,(H,19,20)/t15-/m1/s1. The zero-order valence-electron chi connectivity index (χ0n) is 10.9. The van der Waals surface area contributed by atoms with Gasteiger partial charge in [0.1, 0.15) is 6.54 Å². The highest BCUT2D eigenvalue weighted by Gasteiger charge is 2.32. The van der Waals surface area contributed by atoms with E-state index in [-0.39, 0.29) is 12.6 Å². The quantitative estimate of drug-likeness (QED) is 0.857. The summed E-state index contributed by atoms with van der Waals surface area (Å²) >= 11 is 6.07. The second kappa shape index (κ2) is 5.31. The van der Waals surface area contributed by atoms with Crippen molar-refractivity contribution >= 4 is 17.6 Å². The van der Waals surface area contributed by atoms with Crippen molar-refractivity contribution in [3.63, 3.8) is 0 Å². The first kappa shape index (κ1) is 13.2. The number of benzene rings is 1. The molecule has 0 bridgehead atoms. The molecular weight excluding hydrogens is 276 g/mol. The smallest absolute Gasteiger partial charge is 0.154 e. The highest BCUT2D eigenvalue weighted by atomic mass is 35.5. The lowest BCUT2D eigenvalue weighted by Crippen LogP contribution is -3.15. The summed E-state index contributed by atoms with van der Waals surface area (Å²) < 4.78 is 2.17. The van der Waals surface area contributed by atoms with Gasteiger partial charge in [0.2, 0.25) is 0 Å². The van der Waals surface area contributed by atoms with E-state index in [0.29, 0.717) is 5.02 Å². The van der Waals surface area contributed by atoms with Crippen LogP contribution >= 0.6 is 11.6 Å². The minimum absolute atomic E-state index is 0.00234. The molecule has 0 radical (unpaired) electrons. The van der Waals surface area contributed by atoms with E-state index >= 15 is 0 Å². The third-order valence-corrected chi connectivity index (χ3v) is 4.03. The summed E-state index contributed by atoms with van der Waals surface area (Å²) in [6, 6.07) is 11.6. The summed E-state index contributed by atoms with van der Waals surface area (Å²) in [5, 5.41) is 11.7. The van der Waals surface area contributed by atoms with Crippen molar-refractivity contribution in [2.24, 2.45) is 0 Å². The molecule has 1 aliphatic heterocycles. The fourth-order valence-electron chi connectivity index (χ4n) is 2.98. The van der Waals surface area contributed by atoms with Gasteiger partial charge in [-0.15, -0.1) is 0 Å². The van der Waals surface area contributed by atoms with Gasteiger partial charge in [-0.05, 0) is 24.3 Å². The van der Waals surface area contributed by atoms with Crippen LogP contribution < -0.4 is 10.0 Å². The number of carboxylic acid groups (broad SMARTS) is 1. The van der Waals surface area contributed by atoms with E-state index in [9.17, 15) is 9.90 Å². The van der Waals surface area contributed by atoms with Gasteiger partial charge in [0.05, 0.1) is 24.8 Å². The Morgan fingerprint density at radius 2 is 2.25 bits per heavy atom. The van der Waals surface area contributed by atoms with Crippen LogP contribution in [0.25, 0.3) is 0 Å². The van der Waals surface area contributed by atoms with Crippen LogP contribution in [0.5, 0.6) is 0 Å². The molecular formula is C15H15ClN2O2. The number of aromatic nitrogens is 1. The normalized spacial score (nSPS) is 21.4. The van der Waals surface area contributed by atoms with Crippen molar-refractivity contribution in [2.45, 2.75) is 12.6 Å². The van der Waals surface area contributed by atoms with Gasteiger partial charge in [0.25, 0.3) is 0 Å². The lowest BCUT2D eigenvalue weighted by atomic mass is 10.00. The molecule has 20 heavy (non-hydrogen) atoms. The van der Waals surface area contributed by atoms with Crippen LogP contribution in [0.2, 0.25) is 5.02 Å². The average molecular weight is 291 g/mol. The molecule has 1 unspecified atom stereocenters. The van der Waals surface area contributed by atoms with Crippen LogP contribution in [0.1, 0.15) is 17.3 Å². The van der Waals surface area contributed by atoms with E-state index in [0.717, 1.165) is 29.2 Å². The van der Waals surface area contributed by atoms with Crippen molar-refractivity contribution in [3.8, 4) is 0 Å². The van der Waals surface area contributed by atoms with E-state index in [4.69, 9.17) is 11.6 Å². The summed E-state index contributed by atoms with van der Waals surface area (Å²) in [5.74, 6) is -1.02. The molecule has 1 aliphatic rings. The maximum Gasteiger partial charge on any atom is 0.154 e. The van der Waals surface area contributed by atoms with Gasteiger partial charge in [-0.3, -0.25) is 0 Å². The van der Waals surface area contributed by atoms with Crippen LogP contribution in [0, 0.1) is 0 Å². The van der Waals surface area contributed by atoms with Gasteiger partial charge in [0.15, 0.2) is 6.04 Å². The number of carboxylic acids is 1. The Kier molecular flexibility index (Phi) is 3.51. The first-order chi connectivity index (χ1) is 9.65. The van der Waals surface area contributed by atoms with Crippen molar-refractivity contribution in [1.82, 2.24) is 4.57 Å². The number of hydrogen-bond donors (Lipinski definition) is 1. The average Bonchev–Trinajstić information content (AvgIpc) is 2.86. The lowest BCUT2D eigenvalue weighted by molar-refractivity contribution is -0.924. The Bertz CT molecular complexity index is 638. The highest BCUT2D eigenvalue weighted by molar-refractivity contribution is 6.30. The van der Waals surface area contributed by atoms with Gasteiger partial charge >= 0.3 is 0 Å². The molecule has 1 aromatic carbocycles. The van der Waals surface area contributed by atoms with Crippen molar-refractivity contribution < 1.29 is 14.8 Å². The van der Waals surface area contributed by atoms with Crippen LogP contribution in [-0.2, 0) is 11.3 Å². The summed E-state index contributed by atoms with van der Waals surface area (Å²) in [6.07, 6.45) is 2.03. The highest BCUT2D eigenvalue weighted by Crippen LogP contribution is 2.24. The molecule has 0 saturated heterocycles. The van der Waals surface area contributed by atoms with E-state index in [1.165, 1.54) is 0 Å². The van der Waals surface area contributed by atoms with Crippen LogP contribution in [0.3, 0.4) is 0 Å². The third kappa shape index (κ3) is 2.44. The van der Waals surface area contributed by atoms with E-state index in [2.05, 4.69) is 4.57 Å². The Labute approximate surface area is 122 Å². The predicted molar refractivity (Wildman–Crippen MR) is 73.4 cm³/mol. The maximum absolute atomic E-state index is 11.0. The number of carbonyl (C=O) groups is 1. The molecule has 2 aromatic rings. The van der Waals surface area contributed by atoms with Gasteiger partial charge < -0.3 is 19.4 Å². The van der Waals surface area contributed by atoms with Gasteiger partial charge in [-0.2, -0.15) is 0 Å². The zero-order valence-corrected chi connectivity index (χ0v) is 11.6. The number of carbonyl (C=O) groups excluding carboxylic acids is 1. The van der Waals surface area contributed by atoms with Crippen molar-refractivity contribution in [3.05, 3.63) is 58.9 Å². The number of fused-ring (bicyclic) bond motifs is 1. The summed E-state index contributed by atoms with van der Waals surface area (Å²) in [6.45, 7) is 1.58. The number of aliphatic carboxylic acids is 1. The Hall–Kier alpha value is -1.78.